The summed E-state index contributed by atoms with van der Waals surface area (Å²) in [5, 5.41) is 0. The minimum Gasteiger partial charge on any atom is -0.450 e. The molecular weight excluding hydrogens is 352 g/mol. The van der Waals surface area contributed by atoms with E-state index in [2.05, 4.69) is 26.0 Å². The minimum absolute atomic E-state index is 0.0317. The summed E-state index contributed by atoms with van der Waals surface area (Å²) in [5.74, 6) is 1.04. The van der Waals surface area contributed by atoms with Crippen molar-refractivity contribution in [2.75, 3.05) is 0 Å². The maximum atomic E-state index is 12.9. The van der Waals surface area contributed by atoms with Crippen molar-refractivity contribution in [1.82, 2.24) is 0 Å². The van der Waals surface area contributed by atoms with Gasteiger partial charge in [-0.3, -0.25) is 0 Å². The number of carbonyl (C=O) groups excluding carboxylic acids is 2. The molecule has 3 aliphatic carbocycles. The van der Waals surface area contributed by atoms with Gasteiger partial charge in [-0.15, -0.1) is 0 Å². The highest BCUT2D eigenvalue weighted by molar-refractivity contribution is 5.99. The van der Waals surface area contributed by atoms with E-state index in [1.165, 1.54) is 0 Å². The molecule has 148 valence electrons. The van der Waals surface area contributed by atoms with Crippen LogP contribution in [0.25, 0.3) is 0 Å². The second-order valence-electron chi connectivity index (χ2n) is 8.73. The minimum atomic E-state index is -0.613. The van der Waals surface area contributed by atoms with Crippen LogP contribution < -0.4 is 0 Å². The fourth-order valence-electron chi connectivity index (χ4n) is 6.39. The van der Waals surface area contributed by atoms with Crippen LogP contribution in [0.3, 0.4) is 0 Å². The lowest BCUT2D eigenvalue weighted by atomic mass is 9.44. The van der Waals surface area contributed by atoms with Gasteiger partial charge in [0.15, 0.2) is 0 Å². The Morgan fingerprint density at radius 3 is 2.82 bits per heavy atom. The summed E-state index contributed by atoms with van der Waals surface area (Å²) in [6, 6.07) is 0. The highest BCUT2D eigenvalue weighted by atomic mass is 16.6. The van der Waals surface area contributed by atoms with E-state index in [0.717, 1.165) is 79.4 Å². The summed E-state index contributed by atoms with van der Waals surface area (Å²) < 4.78 is 11.9. The number of allylic oxidation sites excluding steroid dienone is 3. The molecule has 1 saturated carbocycles. The van der Waals surface area contributed by atoms with Gasteiger partial charge in [0.05, 0.1) is 11.1 Å². The Morgan fingerprint density at radius 2 is 2.04 bits per heavy atom. The van der Waals surface area contributed by atoms with Crippen LogP contribution in [0.15, 0.2) is 46.3 Å². The van der Waals surface area contributed by atoms with E-state index in [9.17, 15) is 9.59 Å². The van der Waals surface area contributed by atoms with Crippen LogP contribution in [0, 0.1) is 17.8 Å². The van der Waals surface area contributed by atoms with Crippen LogP contribution in [-0.4, -0.2) is 17.5 Å². The second kappa shape index (κ2) is 6.47. The highest BCUT2D eigenvalue weighted by Gasteiger charge is 2.71. The molecule has 0 N–H and O–H groups in total. The van der Waals surface area contributed by atoms with Crippen LogP contribution in [0.2, 0.25) is 0 Å². The molecule has 0 radical (unpaired) electrons. The molecule has 2 unspecified atom stereocenters. The summed E-state index contributed by atoms with van der Waals surface area (Å²) in [5.41, 5.74) is 3.16. The number of unbranched alkanes of at least 4 members (excludes halogenated alkanes) is 1. The third kappa shape index (κ3) is 2.18. The van der Waals surface area contributed by atoms with Crippen molar-refractivity contribution in [1.29, 1.82) is 0 Å². The van der Waals surface area contributed by atoms with E-state index >= 15 is 0 Å². The molecule has 0 bridgehead atoms. The van der Waals surface area contributed by atoms with Gasteiger partial charge in [0.1, 0.15) is 11.4 Å². The van der Waals surface area contributed by atoms with E-state index in [4.69, 9.17) is 9.47 Å². The number of ether oxygens (including phenoxy) is 2. The van der Waals surface area contributed by atoms with E-state index in [-0.39, 0.29) is 17.9 Å². The average molecular weight is 380 g/mol. The largest absolute Gasteiger partial charge is 0.450 e. The quantitative estimate of drug-likeness (QED) is 0.650. The number of hydrogen-bond acceptors (Lipinski definition) is 4. The van der Waals surface area contributed by atoms with Gasteiger partial charge in [-0.25, -0.2) is 9.59 Å². The first-order valence-corrected chi connectivity index (χ1v) is 10.9. The highest BCUT2D eigenvalue weighted by Crippen LogP contribution is 2.68. The zero-order valence-electron chi connectivity index (χ0n) is 16.8. The Hall–Kier alpha value is -2.10. The van der Waals surface area contributed by atoms with Crippen molar-refractivity contribution in [2.24, 2.45) is 17.8 Å². The fourth-order valence-corrected chi connectivity index (χ4v) is 6.39. The van der Waals surface area contributed by atoms with Crippen molar-refractivity contribution in [3.63, 3.8) is 0 Å². The molecule has 1 spiro atoms. The van der Waals surface area contributed by atoms with Crippen LogP contribution in [-0.2, 0) is 19.1 Å². The number of cyclic esters (lactones) is 1. The lowest BCUT2D eigenvalue weighted by molar-refractivity contribution is -0.197. The molecule has 4 heteroatoms. The Morgan fingerprint density at radius 1 is 1.18 bits per heavy atom. The predicted molar refractivity (Wildman–Crippen MR) is 105 cm³/mol. The molecule has 5 rings (SSSR count). The molecule has 4 atom stereocenters. The normalized spacial score (nSPS) is 37.1. The van der Waals surface area contributed by atoms with Gasteiger partial charge in [0.25, 0.3) is 0 Å². The maximum Gasteiger partial charge on any atom is 0.340 e. The van der Waals surface area contributed by atoms with Gasteiger partial charge < -0.3 is 9.47 Å². The molecule has 0 saturated heterocycles. The number of fused-ring (bicyclic) bond motifs is 4. The second-order valence-corrected chi connectivity index (χ2v) is 8.73. The lowest BCUT2D eigenvalue weighted by Gasteiger charge is -2.61. The number of carbonyl (C=O) groups is 2. The summed E-state index contributed by atoms with van der Waals surface area (Å²) in [6.07, 6.45) is 13.8. The SMILES string of the molecule is CCC/C=C1\OC(=O)C2=C1CC[C@H]1C2C2(OC(=O)C3=C2CCC=C3)[C@H]1CCC. The van der Waals surface area contributed by atoms with E-state index in [0.29, 0.717) is 11.8 Å². The Bertz CT molecular complexity index is 871. The zero-order chi connectivity index (χ0) is 19.5. The van der Waals surface area contributed by atoms with Crippen molar-refractivity contribution in [2.45, 2.75) is 70.8 Å². The Balaban J connectivity index is 1.63. The molecular formula is C24H28O4. The average Bonchev–Trinajstić information content (AvgIpc) is 3.19. The molecule has 2 heterocycles. The summed E-state index contributed by atoms with van der Waals surface area (Å²) >= 11 is 0. The van der Waals surface area contributed by atoms with Crippen molar-refractivity contribution in [3.8, 4) is 0 Å². The monoisotopic (exact) mass is 380 g/mol. The predicted octanol–water partition coefficient (Wildman–Crippen LogP) is 4.92. The number of esters is 2. The van der Waals surface area contributed by atoms with E-state index < -0.39 is 5.60 Å². The van der Waals surface area contributed by atoms with Crippen LogP contribution in [0.1, 0.15) is 65.2 Å². The van der Waals surface area contributed by atoms with Gasteiger partial charge in [-0.05, 0) is 56.1 Å². The molecule has 2 aliphatic heterocycles. The van der Waals surface area contributed by atoms with Crippen molar-refractivity contribution in [3.05, 3.63) is 46.3 Å². The molecule has 0 aromatic heterocycles. The van der Waals surface area contributed by atoms with Gasteiger partial charge in [-0.2, -0.15) is 0 Å². The van der Waals surface area contributed by atoms with Crippen molar-refractivity contribution < 1.29 is 19.1 Å². The van der Waals surface area contributed by atoms with Crippen LogP contribution >= 0.6 is 0 Å². The molecule has 1 fully saturated rings. The van der Waals surface area contributed by atoms with Gasteiger partial charge in [0, 0.05) is 17.4 Å². The Labute approximate surface area is 166 Å². The zero-order valence-corrected chi connectivity index (χ0v) is 16.8. The summed E-state index contributed by atoms with van der Waals surface area (Å²) in [7, 11) is 0. The number of hydrogen-bond donors (Lipinski definition) is 0. The van der Waals surface area contributed by atoms with Crippen molar-refractivity contribution >= 4 is 11.9 Å². The van der Waals surface area contributed by atoms with Crippen LogP contribution in [0.4, 0.5) is 0 Å². The molecule has 0 aromatic carbocycles. The molecule has 0 aromatic rings. The fraction of sp³-hybridized carbons (Fsp3) is 0.583. The third-order valence-electron chi connectivity index (χ3n) is 7.38. The Kier molecular flexibility index (Phi) is 4.15. The molecule has 28 heavy (non-hydrogen) atoms. The standard InChI is InChI=1S/C24H28O4/c1-3-5-11-19-16-13-12-14-17(8-4-2)24(21(14)20(16)23(26)27-19)18-10-7-6-9-15(18)22(25)28-24/h6,9,11,14,17,21H,3-5,7-8,10,12-13H2,1-2H3/b19-11-/t14-,17+,21?,24?/m1/s1. The lowest BCUT2D eigenvalue weighted by Crippen LogP contribution is -2.65. The van der Waals surface area contributed by atoms with Gasteiger partial charge in [0.2, 0.25) is 0 Å². The molecule has 4 nitrogen and oxygen atoms in total. The summed E-state index contributed by atoms with van der Waals surface area (Å²) in [4.78, 5) is 25.7. The smallest absolute Gasteiger partial charge is 0.340 e. The van der Waals surface area contributed by atoms with Crippen LogP contribution in [0.5, 0.6) is 0 Å². The molecule has 5 aliphatic rings. The third-order valence-corrected chi connectivity index (χ3v) is 7.38. The maximum absolute atomic E-state index is 12.9. The first-order chi connectivity index (χ1) is 13.6. The summed E-state index contributed by atoms with van der Waals surface area (Å²) in [6.45, 7) is 4.32. The molecule has 0 amide bonds. The topological polar surface area (TPSA) is 52.6 Å². The van der Waals surface area contributed by atoms with E-state index in [1.807, 2.05) is 6.08 Å². The first kappa shape index (κ1) is 18.0. The van der Waals surface area contributed by atoms with E-state index in [1.54, 1.807) is 0 Å². The first-order valence-electron chi connectivity index (χ1n) is 10.9. The van der Waals surface area contributed by atoms with Gasteiger partial charge in [-0.1, -0.05) is 38.8 Å². The van der Waals surface area contributed by atoms with Gasteiger partial charge >= 0.3 is 11.9 Å². The number of rotatable bonds is 4.